The number of nitrogens with zero attached hydrogens (tertiary/aromatic N) is 1. The smallest absolute Gasteiger partial charge is 0.234 e. The molecule has 1 fully saturated rings. The molecule has 3 rings (SSSR count). The van der Waals surface area contributed by atoms with E-state index in [-0.39, 0.29) is 11.8 Å². The zero-order valence-electron chi connectivity index (χ0n) is 13.1. The molecule has 1 aromatic carbocycles. The topological polar surface area (TPSA) is 20.3 Å². The number of hydrogen-bond donors (Lipinski definition) is 0. The molecule has 1 aromatic rings. The molecule has 1 aliphatic heterocycles. The third-order valence-electron chi connectivity index (χ3n) is 4.47. The predicted molar refractivity (Wildman–Crippen MR) is 90.5 cm³/mol. The van der Waals surface area contributed by atoms with Crippen molar-refractivity contribution in [2.45, 2.75) is 25.7 Å². The second kappa shape index (κ2) is 6.78. The minimum atomic E-state index is -0.178. The molecular weight excluding hydrogens is 270 g/mol. The van der Waals surface area contributed by atoms with E-state index in [2.05, 4.69) is 37.3 Å². The minimum Gasteiger partial charge on any atom is -0.342 e. The van der Waals surface area contributed by atoms with Crippen molar-refractivity contribution in [3.05, 3.63) is 71.8 Å². The van der Waals surface area contributed by atoms with Crippen LogP contribution in [0.15, 0.2) is 66.3 Å². The van der Waals surface area contributed by atoms with Crippen LogP contribution in [0, 0.1) is 5.92 Å². The first kappa shape index (κ1) is 14.8. The van der Waals surface area contributed by atoms with Crippen LogP contribution in [0.25, 0.3) is 0 Å². The Kier molecular flexibility index (Phi) is 4.57. The molecule has 2 aliphatic rings. The summed E-state index contributed by atoms with van der Waals surface area (Å²) in [6.45, 7) is 4.00. The number of rotatable bonds is 3. The Morgan fingerprint density at radius 1 is 1.23 bits per heavy atom. The molecule has 1 aliphatic carbocycles. The minimum absolute atomic E-state index is 0.178. The summed E-state index contributed by atoms with van der Waals surface area (Å²) in [6, 6.07) is 10.2. The first-order chi connectivity index (χ1) is 10.8. The number of benzene rings is 1. The van der Waals surface area contributed by atoms with Crippen molar-refractivity contribution < 1.29 is 4.79 Å². The van der Waals surface area contributed by atoms with Gasteiger partial charge in [0.15, 0.2) is 0 Å². The Balaban J connectivity index is 1.93. The monoisotopic (exact) mass is 293 g/mol. The quantitative estimate of drug-likeness (QED) is 0.822. The molecule has 0 spiro atoms. The summed E-state index contributed by atoms with van der Waals surface area (Å²) in [5.41, 5.74) is 2.20. The third-order valence-corrected chi connectivity index (χ3v) is 4.47. The molecule has 2 nitrogen and oxygen atoms in total. The fourth-order valence-electron chi connectivity index (χ4n) is 3.25. The van der Waals surface area contributed by atoms with Crippen molar-refractivity contribution in [1.29, 1.82) is 0 Å². The van der Waals surface area contributed by atoms with Gasteiger partial charge in [0, 0.05) is 13.1 Å². The van der Waals surface area contributed by atoms with E-state index in [1.54, 1.807) is 0 Å². The lowest BCUT2D eigenvalue weighted by Gasteiger charge is -2.25. The van der Waals surface area contributed by atoms with Gasteiger partial charge in [-0.15, -0.1) is 0 Å². The molecule has 0 N–H and O–H groups in total. The van der Waals surface area contributed by atoms with Crippen LogP contribution >= 0.6 is 0 Å². The molecule has 0 saturated carbocycles. The average Bonchev–Trinajstić information content (AvgIpc) is 2.81. The number of carbonyl (C=O) groups is 1. The summed E-state index contributed by atoms with van der Waals surface area (Å²) < 4.78 is 0. The van der Waals surface area contributed by atoms with Crippen LogP contribution in [0.3, 0.4) is 0 Å². The van der Waals surface area contributed by atoms with Crippen LogP contribution < -0.4 is 0 Å². The van der Waals surface area contributed by atoms with Gasteiger partial charge in [-0.25, -0.2) is 0 Å². The van der Waals surface area contributed by atoms with Crippen molar-refractivity contribution in [2.75, 3.05) is 13.1 Å². The van der Waals surface area contributed by atoms with Gasteiger partial charge in [-0.3, -0.25) is 4.79 Å². The van der Waals surface area contributed by atoms with E-state index in [1.807, 2.05) is 35.3 Å². The van der Waals surface area contributed by atoms with Crippen LogP contribution in [0.4, 0.5) is 0 Å². The van der Waals surface area contributed by atoms with E-state index in [9.17, 15) is 4.79 Å². The van der Waals surface area contributed by atoms with Gasteiger partial charge in [0.05, 0.1) is 5.92 Å². The van der Waals surface area contributed by atoms with Gasteiger partial charge in [0.25, 0.3) is 0 Å². The van der Waals surface area contributed by atoms with Crippen molar-refractivity contribution in [2.24, 2.45) is 5.92 Å². The summed E-state index contributed by atoms with van der Waals surface area (Å²) in [5.74, 6) is 0.677. The molecule has 0 aromatic heterocycles. The van der Waals surface area contributed by atoms with Gasteiger partial charge in [0.1, 0.15) is 0 Å². The number of allylic oxidation sites excluding steroid dienone is 5. The zero-order chi connectivity index (χ0) is 15.4. The van der Waals surface area contributed by atoms with Gasteiger partial charge in [-0.2, -0.15) is 0 Å². The lowest BCUT2D eigenvalue weighted by atomic mass is 9.89. The van der Waals surface area contributed by atoms with E-state index in [0.29, 0.717) is 5.92 Å². The summed E-state index contributed by atoms with van der Waals surface area (Å²) in [4.78, 5) is 15.2. The van der Waals surface area contributed by atoms with Crippen LogP contribution in [0.5, 0.6) is 0 Å². The lowest BCUT2D eigenvalue weighted by molar-refractivity contribution is -0.130. The standard InChI is InChI=1S/C20H23NO/c1-16-13-14-21(15-16)20(22)19(18-11-7-4-8-12-18)17-9-5-2-3-6-10-17/h2-5,7-12,16,19H,6,13-15H2,1H3. The Morgan fingerprint density at radius 3 is 2.77 bits per heavy atom. The Labute approximate surface area is 132 Å². The highest BCUT2D eigenvalue weighted by Crippen LogP contribution is 2.31. The van der Waals surface area contributed by atoms with E-state index in [1.165, 1.54) is 0 Å². The van der Waals surface area contributed by atoms with Gasteiger partial charge in [0.2, 0.25) is 5.91 Å². The van der Waals surface area contributed by atoms with Crippen molar-refractivity contribution in [3.8, 4) is 0 Å². The molecule has 22 heavy (non-hydrogen) atoms. The number of carbonyl (C=O) groups excluding carboxylic acids is 1. The molecule has 1 amide bonds. The van der Waals surface area contributed by atoms with Crippen molar-refractivity contribution in [3.63, 3.8) is 0 Å². The summed E-state index contributed by atoms with van der Waals surface area (Å²) in [5, 5.41) is 0. The largest absolute Gasteiger partial charge is 0.342 e. The van der Waals surface area contributed by atoms with Crippen molar-refractivity contribution in [1.82, 2.24) is 4.90 Å². The third kappa shape index (κ3) is 3.22. The summed E-state index contributed by atoms with van der Waals surface area (Å²) in [7, 11) is 0. The SMILES string of the molecule is CC1CCN(C(=O)C(C2=CCC=CC=C2)c2ccccc2)C1. The molecule has 2 unspecified atom stereocenters. The Morgan fingerprint density at radius 2 is 2.05 bits per heavy atom. The Hall–Kier alpha value is -2.09. The first-order valence-corrected chi connectivity index (χ1v) is 8.12. The highest BCUT2D eigenvalue weighted by atomic mass is 16.2. The van der Waals surface area contributed by atoms with Crippen LogP contribution in [0.2, 0.25) is 0 Å². The molecule has 114 valence electrons. The van der Waals surface area contributed by atoms with E-state index in [0.717, 1.165) is 37.1 Å². The summed E-state index contributed by atoms with van der Waals surface area (Å²) >= 11 is 0. The first-order valence-electron chi connectivity index (χ1n) is 8.12. The Bertz CT molecular complexity index is 612. The van der Waals surface area contributed by atoms with Crippen LogP contribution in [-0.2, 0) is 4.79 Å². The number of hydrogen-bond acceptors (Lipinski definition) is 1. The number of amides is 1. The normalized spacial score (nSPS) is 22.3. The number of likely N-dealkylation sites (tertiary alicyclic amines) is 1. The molecule has 0 radical (unpaired) electrons. The lowest BCUT2D eigenvalue weighted by Crippen LogP contribution is -2.34. The second-order valence-corrected chi connectivity index (χ2v) is 6.25. The predicted octanol–water partition coefficient (Wildman–Crippen LogP) is 4.08. The van der Waals surface area contributed by atoms with Gasteiger partial charge in [-0.1, -0.05) is 67.6 Å². The van der Waals surface area contributed by atoms with E-state index < -0.39 is 0 Å². The molecule has 2 atom stereocenters. The fraction of sp³-hybridized carbons (Fsp3) is 0.350. The molecule has 0 bridgehead atoms. The van der Waals surface area contributed by atoms with Gasteiger partial charge in [-0.05, 0) is 29.9 Å². The maximum atomic E-state index is 13.1. The van der Waals surface area contributed by atoms with E-state index in [4.69, 9.17) is 0 Å². The van der Waals surface area contributed by atoms with Gasteiger partial charge < -0.3 is 4.90 Å². The fourth-order valence-corrected chi connectivity index (χ4v) is 3.25. The van der Waals surface area contributed by atoms with Crippen LogP contribution in [-0.4, -0.2) is 23.9 Å². The van der Waals surface area contributed by atoms with Crippen LogP contribution in [0.1, 0.15) is 31.2 Å². The zero-order valence-corrected chi connectivity index (χ0v) is 13.1. The van der Waals surface area contributed by atoms with Gasteiger partial charge >= 0.3 is 0 Å². The molecule has 1 heterocycles. The molecular formula is C20H23NO. The maximum absolute atomic E-state index is 13.1. The highest BCUT2D eigenvalue weighted by molar-refractivity contribution is 5.88. The second-order valence-electron chi connectivity index (χ2n) is 6.25. The van der Waals surface area contributed by atoms with E-state index >= 15 is 0 Å². The van der Waals surface area contributed by atoms with Crippen molar-refractivity contribution >= 4 is 5.91 Å². The average molecular weight is 293 g/mol. The molecule has 2 heteroatoms. The highest BCUT2D eigenvalue weighted by Gasteiger charge is 2.31. The summed E-state index contributed by atoms with van der Waals surface area (Å²) in [6.07, 6.45) is 12.5. The molecule has 1 saturated heterocycles. The maximum Gasteiger partial charge on any atom is 0.234 e.